The van der Waals surface area contributed by atoms with Gasteiger partial charge in [-0.15, -0.1) is 0 Å². The summed E-state index contributed by atoms with van der Waals surface area (Å²) in [7, 11) is -2.47. The number of methoxy groups -OCH3 is 1. The van der Waals surface area contributed by atoms with Gasteiger partial charge in [-0.2, -0.15) is 0 Å². The van der Waals surface area contributed by atoms with E-state index in [1.165, 1.54) is 24.3 Å². The van der Waals surface area contributed by atoms with E-state index in [9.17, 15) is 17.6 Å². The van der Waals surface area contributed by atoms with Crippen molar-refractivity contribution in [1.29, 1.82) is 0 Å². The maximum absolute atomic E-state index is 13.4. The third-order valence-corrected chi connectivity index (χ3v) is 6.27. The summed E-state index contributed by atoms with van der Waals surface area (Å²) in [5, 5.41) is 2.64. The van der Waals surface area contributed by atoms with E-state index in [-0.39, 0.29) is 23.7 Å². The first-order valence-corrected chi connectivity index (χ1v) is 11.2. The van der Waals surface area contributed by atoms with Gasteiger partial charge in [0.25, 0.3) is 10.0 Å². The predicted molar refractivity (Wildman–Crippen MR) is 119 cm³/mol. The zero-order valence-corrected chi connectivity index (χ0v) is 18.2. The van der Waals surface area contributed by atoms with Crippen molar-refractivity contribution >= 4 is 21.6 Å². The zero-order chi connectivity index (χ0) is 23.0. The highest BCUT2D eigenvalue weighted by atomic mass is 32.2. The highest BCUT2D eigenvalue weighted by Gasteiger charge is 2.27. The van der Waals surface area contributed by atoms with Crippen molar-refractivity contribution in [3.63, 3.8) is 0 Å². The first-order chi connectivity index (χ1) is 15.4. The number of anilines is 1. The lowest BCUT2D eigenvalue weighted by molar-refractivity contribution is -0.119. The summed E-state index contributed by atoms with van der Waals surface area (Å²) in [6.07, 6.45) is 0. The van der Waals surface area contributed by atoms with Gasteiger partial charge in [-0.1, -0.05) is 18.2 Å². The summed E-state index contributed by atoms with van der Waals surface area (Å²) in [5.74, 6) is 0.281. The molecule has 0 spiro atoms. The molecule has 0 saturated carbocycles. The molecule has 3 aromatic carbocycles. The smallest absolute Gasteiger partial charge is 0.264 e. The summed E-state index contributed by atoms with van der Waals surface area (Å²) in [6, 6.07) is 19.6. The maximum atomic E-state index is 13.4. The molecule has 7 nitrogen and oxygen atoms in total. The Bertz CT molecular complexity index is 1120. The number of nitrogens with zero attached hydrogens (tertiary/aromatic N) is 1. The lowest BCUT2D eigenvalue weighted by atomic mass is 10.3. The average Bonchev–Trinajstić information content (AvgIpc) is 2.82. The van der Waals surface area contributed by atoms with Crippen LogP contribution in [-0.4, -0.2) is 41.1 Å². The largest absolute Gasteiger partial charge is 0.497 e. The monoisotopic (exact) mass is 458 g/mol. The SMILES string of the molecule is COc1ccc(OCCNC(=O)CN(c2ccc(F)cc2)S(=O)(=O)c2ccccc2)cc1. The zero-order valence-electron chi connectivity index (χ0n) is 17.4. The average molecular weight is 459 g/mol. The highest BCUT2D eigenvalue weighted by molar-refractivity contribution is 7.92. The van der Waals surface area contributed by atoms with Gasteiger partial charge in [0.2, 0.25) is 5.91 Å². The Balaban J connectivity index is 1.65. The number of sulfonamides is 1. The van der Waals surface area contributed by atoms with Crippen LogP contribution in [0.15, 0.2) is 83.8 Å². The van der Waals surface area contributed by atoms with Crippen LogP contribution in [0.2, 0.25) is 0 Å². The van der Waals surface area contributed by atoms with Crippen molar-refractivity contribution in [3.05, 3.63) is 84.7 Å². The van der Waals surface area contributed by atoms with E-state index in [1.807, 2.05) is 0 Å². The molecule has 0 bridgehead atoms. The van der Waals surface area contributed by atoms with E-state index in [2.05, 4.69) is 5.32 Å². The normalized spacial score (nSPS) is 10.9. The molecule has 0 atom stereocenters. The van der Waals surface area contributed by atoms with Crippen molar-refractivity contribution in [1.82, 2.24) is 5.32 Å². The van der Waals surface area contributed by atoms with Gasteiger partial charge >= 0.3 is 0 Å². The van der Waals surface area contributed by atoms with Gasteiger partial charge in [-0.25, -0.2) is 12.8 Å². The molecule has 0 aliphatic carbocycles. The van der Waals surface area contributed by atoms with Crippen LogP contribution in [0.5, 0.6) is 11.5 Å². The van der Waals surface area contributed by atoms with E-state index in [0.29, 0.717) is 11.5 Å². The lowest BCUT2D eigenvalue weighted by Gasteiger charge is -2.24. The molecule has 0 aliphatic heterocycles. The van der Waals surface area contributed by atoms with Gasteiger partial charge in [0.15, 0.2) is 0 Å². The number of hydrogen-bond acceptors (Lipinski definition) is 5. The van der Waals surface area contributed by atoms with Crippen molar-refractivity contribution in [2.75, 3.05) is 31.1 Å². The van der Waals surface area contributed by atoms with Gasteiger partial charge in [0.05, 0.1) is 24.2 Å². The third kappa shape index (κ3) is 5.98. The number of hydrogen-bond donors (Lipinski definition) is 1. The number of carbonyl (C=O) groups is 1. The molecular weight excluding hydrogens is 435 g/mol. The van der Waals surface area contributed by atoms with Crippen LogP contribution >= 0.6 is 0 Å². The second-order valence-electron chi connectivity index (χ2n) is 6.68. The molecule has 0 heterocycles. The maximum Gasteiger partial charge on any atom is 0.264 e. The molecule has 0 aromatic heterocycles. The summed E-state index contributed by atoms with van der Waals surface area (Å²) >= 11 is 0. The number of ether oxygens (including phenoxy) is 2. The summed E-state index contributed by atoms with van der Waals surface area (Å²) in [4.78, 5) is 12.5. The molecule has 9 heteroatoms. The molecule has 32 heavy (non-hydrogen) atoms. The number of rotatable bonds is 10. The Hall–Kier alpha value is -3.59. The van der Waals surface area contributed by atoms with Crippen LogP contribution in [0, 0.1) is 5.82 Å². The minimum atomic E-state index is -4.04. The van der Waals surface area contributed by atoms with Crippen LogP contribution in [0.3, 0.4) is 0 Å². The Kier molecular flexibility index (Phi) is 7.67. The van der Waals surface area contributed by atoms with E-state index < -0.39 is 28.3 Å². The first kappa shape index (κ1) is 23.1. The Morgan fingerprint density at radius 1 is 0.938 bits per heavy atom. The molecule has 0 fully saturated rings. The number of nitrogens with one attached hydrogen (secondary N) is 1. The highest BCUT2D eigenvalue weighted by Crippen LogP contribution is 2.23. The minimum absolute atomic E-state index is 0.0277. The Morgan fingerprint density at radius 2 is 1.56 bits per heavy atom. The van der Waals surface area contributed by atoms with Crippen molar-refractivity contribution in [3.8, 4) is 11.5 Å². The van der Waals surface area contributed by atoms with E-state index in [1.54, 1.807) is 49.6 Å². The second kappa shape index (κ2) is 10.6. The number of halogens is 1. The Morgan fingerprint density at radius 3 is 2.19 bits per heavy atom. The number of amides is 1. The fraction of sp³-hybridized carbons (Fsp3) is 0.174. The standard InChI is InChI=1S/C23H23FN2O5S/c1-30-20-11-13-21(14-12-20)31-16-15-25-23(27)17-26(19-9-7-18(24)8-10-19)32(28,29)22-5-3-2-4-6-22/h2-14H,15-17H2,1H3,(H,25,27). The molecule has 0 aliphatic rings. The number of benzene rings is 3. The predicted octanol–water partition coefficient (Wildman–Crippen LogP) is 3.22. The number of carbonyl (C=O) groups excluding carboxylic acids is 1. The van der Waals surface area contributed by atoms with E-state index in [4.69, 9.17) is 9.47 Å². The molecule has 168 valence electrons. The van der Waals surface area contributed by atoms with Gasteiger partial charge in [0, 0.05) is 0 Å². The summed E-state index contributed by atoms with van der Waals surface area (Å²) < 4.78 is 51.2. The fourth-order valence-corrected chi connectivity index (χ4v) is 4.30. The van der Waals surface area contributed by atoms with Crippen molar-refractivity contribution in [2.45, 2.75) is 4.90 Å². The molecule has 0 saturated heterocycles. The lowest BCUT2D eigenvalue weighted by Crippen LogP contribution is -2.41. The van der Waals surface area contributed by atoms with Gasteiger partial charge in [-0.3, -0.25) is 9.10 Å². The third-order valence-electron chi connectivity index (χ3n) is 4.49. The summed E-state index contributed by atoms with van der Waals surface area (Å²) in [6.45, 7) is -0.0983. The van der Waals surface area contributed by atoms with Crippen molar-refractivity contribution < 1.29 is 27.1 Å². The van der Waals surface area contributed by atoms with Gasteiger partial charge < -0.3 is 14.8 Å². The molecule has 3 aromatic rings. The Labute approximate surface area is 186 Å². The van der Waals surface area contributed by atoms with Crippen LogP contribution in [-0.2, 0) is 14.8 Å². The first-order valence-electron chi connectivity index (χ1n) is 9.77. The fourth-order valence-electron chi connectivity index (χ4n) is 2.86. The van der Waals surface area contributed by atoms with Gasteiger partial charge in [0.1, 0.15) is 30.5 Å². The second-order valence-corrected chi connectivity index (χ2v) is 8.54. The molecule has 1 N–H and O–H groups in total. The topological polar surface area (TPSA) is 84.9 Å². The molecule has 1 amide bonds. The summed E-state index contributed by atoms with van der Waals surface area (Å²) in [5.41, 5.74) is 0.180. The molecule has 0 radical (unpaired) electrons. The van der Waals surface area contributed by atoms with Crippen molar-refractivity contribution in [2.24, 2.45) is 0 Å². The van der Waals surface area contributed by atoms with Crippen LogP contribution in [0.25, 0.3) is 0 Å². The molecule has 0 unspecified atom stereocenters. The van der Waals surface area contributed by atoms with E-state index in [0.717, 1.165) is 16.4 Å². The van der Waals surface area contributed by atoms with Crippen LogP contribution < -0.4 is 19.1 Å². The van der Waals surface area contributed by atoms with Crippen LogP contribution in [0.1, 0.15) is 0 Å². The molecular formula is C23H23FN2O5S. The van der Waals surface area contributed by atoms with Gasteiger partial charge in [-0.05, 0) is 60.7 Å². The van der Waals surface area contributed by atoms with Crippen LogP contribution in [0.4, 0.5) is 10.1 Å². The minimum Gasteiger partial charge on any atom is -0.497 e. The quantitative estimate of drug-likeness (QED) is 0.472. The van der Waals surface area contributed by atoms with E-state index >= 15 is 0 Å². The molecule has 3 rings (SSSR count).